The molecule has 262 valence electrons. The number of hydrogen-bond donors (Lipinski definition) is 0. The molecule has 2 aliphatic heterocycles. The maximum atomic E-state index is 17.4. The zero-order chi connectivity index (χ0) is 36.0. The monoisotopic (exact) mass is 686 g/mol. The van der Waals surface area contributed by atoms with Gasteiger partial charge < -0.3 is 18.9 Å². The quantitative estimate of drug-likeness (QED) is 0.213. The lowest BCUT2D eigenvalue weighted by Crippen LogP contribution is -2.88. The molecule has 0 N–H and O–H groups in total. The first-order valence-electron chi connectivity index (χ1n) is 16.5. The maximum absolute atomic E-state index is 17.4. The Hall–Kier alpha value is -5.10. The highest BCUT2D eigenvalue weighted by Gasteiger charge is 2.82. The van der Waals surface area contributed by atoms with E-state index in [-0.39, 0.29) is 23.2 Å². The number of urea groups is 1. The molecule has 3 aromatic carbocycles. The number of ether oxygens (including phenoxy) is 4. The molecule has 2 heterocycles. The van der Waals surface area contributed by atoms with E-state index in [0.717, 1.165) is 9.80 Å². The van der Waals surface area contributed by atoms with Crippen molar-refractivity contribution in [1.82, 2.24) is 9.80 Å². The number of hydrogen-bond acceptors (Lipinski definition) is 9. The van der Waals surface area contributed by atoms with Crippen molar-refractivity contribution in [3.8, 4) is 0 Å². The van der Waals surface area contributed by atoms with Crippen molar-refractivity contribution in [2.24, 2.45) is 10.8 Å². The van der Waals surface area contributed by atoms with Gasteiger partial charge in [-0.05, 0) is 48.7 Å². The van der Waals surface area contributed by atoms with Gasteiger partial charge in [-0.1, -0.05) is 82.3 Å². The zero-order valence-electron chi connectivity index (χ0n) is 28.4. The van der Waals surface area contributed by atoms with Gasteiger partial charge in [0.1, 0.15) is 12.7 Å². The fourth-order valence-corrected chi connectivity index (χ4v) is 7.24. The number of amides is 3. The predicted octanol–water partition coefficient (Wildman–Crippen LogP) is 5.45. The van der Waals surface area contributed by atoms with Crippen LogP contribution >= 0.6 is 0 Å². The van der Waals surface area contributed by atoms with Gasteiger partial charge in [0.25, 0.3) is 5.91 Å². The number of nitrogens with zero attached hydrogens (tertiary/aromatic N) is 2. The van der Waals surface area contributed by atoms with Crippen LogP contribution in [-0.2, 0) is 23.7 Å². The van der Waals surface area contributed by atoms with Gasteiger partial charge in [0.15, 0.2) is 18.4 Å². The van der Waals surface area contributed by atoms with E-state index in [2.05, 4.69) is 0 Å². The third kappa shape index (κ3) is 5.42. The van der Waals surface area contributed by atoms with Crippen LogP contribution in [0.25, 0.3) is 0 Å². The maximum Gasteiger partial charge on any atom is 0.338 e. The molecule has 3 amide bonds. The van der Waals surface area contributed by atoms with Crippen LogP contribution in [-0.4, -0.2) is 89.0 Å². The Labute approximate surface area is 289 Å². The molecule has 12 heteroatoms. The van der Waals surface area contributed by atoms with E-state index in [4.69, 9.17) is 18.9 Å². The number of rotatable bonds is 9. The Bertz CT molecular complexity index is 1790. The van der Waals surface area contributed by atoms with Gasteiger partial charge in [0.05, 0.1) is 22.7 Å². The summed E-state index contributed by atoms with van der Waals surface area (Å²) < 4.78 is 41.4. The minimum Gasteiger partial charge on any atom is -0.459 e. The van der Waals surface area contributed by atoms with Crippen LogP contribution in [0.5, 0.6) is 0 Å². The van der Waals surface area contributed by atoms with Crippen LogP contribution < -0.4 is 0 Å². The lowest BCUT2D eigenvalue weighted by Gasteiger charge is -2.72. The lowest BCUT2D eigenvalue weighted by molar-refractivity contribution is -0.278. The summed E-state index contributed by atoms with van der Waals surface area (Å²) in [6, 6.07) is 22.0. The molecule has 3 aliphatic rings. The molecule has 0 radical (unpaired) electrons. The molecule has 6 atom stereocenters. The summed E-state index contributed by atoms with van der Waals surface area (Å²) in [7, 11) is 0. The van der Waals surface area contributed by atoms with Gasteiger partial charge in [-0.25, -0.2) is 23.6 Å². The first-order valence-corrected chi connectivity index (χ1v) is 16.5. The summed E-state index contributed by atoms with van der Waals surface area (Å²) in [6.45, 7) is 7.66. The third-order valence-electron chi connectivity index (χ3n) is 10.6. The molecular formula is C38H39FN2O9. The smallest absolute Gasteiger partial charge is 0.338 e. The van der Waals surface area contributed by atoms with Crippen molar-refractivity contribution in [1.29, 1.82) is 0 Å². The number of esters is 3. The minimum absolute atomic E-state index is 0.144. The Morgan fingerprint density at radius 3 is 1.68 bits per heavy atom. The summed E-state index contributed by atoms with van der Waals surface area (Å²) in [6.07, 6.45) is -5.86. The molecule has 11 nitrogen and oxygen atoms in total. The second-order valence-corrected chi connectivity index (χ2v) is 13.7. The van der Waals surface area contributed by atoms with Crippen molar-refractivity contribution >= 4 is 29.8 Å². The van der Waals surface area contributed by atoms with E-state index in [1.807, 2.05) is 0 Å². The lowest BCUT2D eigenvalue weighted by atomic mass is 9.40. The van der Waals surface area contributed by atoms with E-state index >= 15 is 4.39 Å². The molecule has 0 aromatic heterocycles. The first kappa shape index (κ1) is 34.8. The first-order chi connectivity index (χ1) is 23.8. The van der Waals surface area contributed by atoms with Crippen molar-refractivity contribution in [2.45, 2.75) is 70.9 Å². The van der Waals surface area contributed by atoms with E-state index in [9.17, 15) is 24.0 Å². The highest BCUT2D eigenvalue weighted by Crippen LogP contribution is 2.68. The second-order valence-electron chi connectivity index (χ2n) is 13.7. The van der Waals surface area contributed by atoms with E-state index < -0.39 is 83.5 Å². The molecule has 1 saturated carbocycles. The number of alkyl halides is 1. The fraction of sp³-hybridized carbons (Fsp3) is 0.395. The van der Waals surface area contributed by atoms with Crippen molar-refractivity contribution in [3.05, 3.63) is 108 Å². The zero-order valence-corrected chi connectivity index (χ0v) is 28.4. The molecule has 50 heavy (non-hydrogen) atoms. The van der Waals surface area contributed by atoms with Gasteiger partial charge in [-0.2, -0.15) is 0 Å². The van der Waals surface area contributed by atoms with Gasteiger partial charge in [-0.3, -0.25) is 14.6 Å². The molecule has 0 bridgehead atoms. The molecule has 2 saturated heterocycles. The highest BCUT2D eigenvalue weighted by atomic mass is 19.1. The molecule has 3 aromatic rings. The van der Waals surface area contributed by atoms with Crippen molar-refractivity contribution in [2.75, 3.05) is 13.2 Å². The van der Waals surface area contributed by atoms with Crippen molar-refractivity contribution < 1.29 is 47.3 Å². The number of fused-ring (bicyclic) bond motifs is 1. The number of benzene rings is 3. The summed E-state index contributed by atoms with van der Waals surface area (Å²) in [5.74, 6) is -3.31. The van der Waals surface area contributed by atoms with Gasteiger partial charge in [0, 0.05) is 12.0 Å². The molecule has 0 unspecified atom stereocenters. The van der Waals surface area contributed by atoms with Crippen LogP contribution in [0.15, 0.2) is 91.0 Å². The number of imide groups is 1. The Morgan fingerprint density at radius 1 is 0.740 bits per heavy atom. The summed E-state index contributed by atoms with van der Waals surface area (Å²) in [4.78, 5) is 70.0. The second kappa shape index (κ2) is 13.0. The average Bonchev–Trinajstić information content (AvgIpc) is 3.45. The summed E-state index contributed by atoms with van der Waals surface area (Å²) in [5.41, 5.74) is -4.18. The predicted molar refractivity (Wildman–Crippen MR) is 176 cm³/mol. The Balaban J connectivity index is 1.44. The number of carbonyl (C=O) groups excluding carboxylic acids is 5. The molecule has 1 aliphatic carbocycles. The molecule has 3 fully saturated rings. The fourth-order valence-electron chi connectivity index (χ4n) is 7.24. The van der Waals surface area contributed by atoms with Crippen LogP contribution in [0, 0.1) is 10.8 Å². The van der Waals surface area contributed by atoms with Crippen LogP contribution in [0.3, 0.4) is 0 Å². The Kier molecular flexibility index (Phi) is 9.02. The molecule has 0 spiro atoms. The SMILES string of the molecule is CCN1C(=O)N([C@@H]2O[C@H](COC(=O)c3ccccc3)[C@@H](OC(=O)c3ccccc3)[C@H]2OC(=O)c2ccccc2)[C@@H]2C(C)(C)C(C)(C)[C@]2(F)C1=O. The third-order valence-corrected chi connectivity index (χ3v) is 10.6. The normalized spacial score (nSPS) is 27.9. The van der Waals surface area contributed by atoms with Crippen LogP contribution in [0.1, 0.15) is 65.7 Å². The average molecular weight is 687 g/mol. The highest BCUT2D eigenvalue weighted by molar-refractivity contribution is 6.04. The topological polar surface area (TPSA) is 129 Å². The van der Waals surface area contributed by atoms with Gasteiger partial charge in [-0.15, -0.1) is 0 Å². The summed E-state index contributed by atoms with van der Waals surface area (Å²) in [5, 5.41) is 0. The van der Waals surface area contributed by atoms with E-state index in [0.29, 0.717) is 0 Å². The summed E-state index contributed by atoms with van der Waals surface area (Å²) >= 11 is 0. The molecular weight excluding hydrogens is 647 g/mol. The Morgan fingerprint density at radius 2 is 1.20 bits per heavy atom. The molecule has 6 rings (SSSR count). The minimum atomic E-state index is -2.54. The van der Waals surface area contributed by atoms with Gasteiger partial charge >= 0.3 is 23.9 Å². The number of halogens is 1. The van der Waals surface area contributed by atoms with Crippen molar-refractivity contribution in [3.63, 3.8) is 0 Å². The number of carbonyl (C=O) groups is 5. The van der Waals surface area contributed by atoms with E-state index in [1.54, 1.807) is 101 Å². The standard InChI is InChI=1S/C38H39FN2O9/c1-6-40-34(45)38(39)33(36(2,3)37(38,4)5)41(35(40)46)29-28(50-32(44)25-20-14-9-15-21-25)27(49-31(43)24-18-12-8-13-19-24)26(48-29)22-47-30(42)23-16-10-7-11-17-23/h7-21,26-29,33H,6,22H2,1-5H3/t26-,27-,28-,29-,33-,38-/m1/s1. The van der Waals surface area contributed by atoms with Gasteiger partial charge in [0.2, 0.25) is 5.67 Å². The largest absolute Gasteiger partial charge is 0.459 e. The van der Waals surface area contributed by atoms with E-state index in [1.165, 1.54) is 24.3 Å². The van der Waals surface area contributed by atoms with Crippen LogP contribution in [0.4, 0.5) is 9.18 Å². The van der Waals surface area contributed by atoms with Crippen LogP contribution in [0.2, 0.25) is 0 Å².